The van der Waals surface area contributed by atoms with Crippen molar-refractivity contribution in [2.75, 3.05) is 13.1 Å². The molecule has 1 aliphatic heterocycles. The molecule has 0 atom stereocenters. The van der Waals surface area contributed by atoms with E-state index in [0.29, 0.717) is 35.0 Å². The summed E-state index contributed by atoms with van der Waals surface area (Å²) in [7, 11) is -3.46. The first-order chi connectivity index (χ1) is 11.6. The first-order valence-electron chi connectivity index (χ1n) is 8.11. The number of para-hydroxylation sites is 2. The van der Waals surface area contributed by atoms with Crippen molar-refractivity contribution in [3.8, 4) is 11.5 Å². The second-order valence-corrected chi connectivity index (χ2v) is 7.92. The first-order valence-corrected chi connectivity index (χ1v) is 9.55. The van der Waals surface area contributed by atoms with Crippen LogP contribution in [0.2, 0.25) is 0 Å². The van der Waals surface area contributed by atoms with Crippen LogP contribution in [0, 0.1) is 0 Å². The number of hydrogen-bond donors (Lipinski definition) is 0. The number of hydrogen-bond acceptors (Lipinski definition) is 4. The average molecular weight is 342 g/mol. The van der Waals surface area contributed by atoms with Crippen molar-refractivity contribution < 1.29 is 12.8 Å². The molecule has 0 aliphatic carbocycles. The molecule has 1 fully saturated rings. The average Bonchev–Trinajstić information content (AvgIpc) is 3.07. The van der Waals surface area contributed by atoms with Gasteiger partial charge in [0.25, 0.3) is 0 Å². The van der Waals surface area contributed by atoms with E-state index in [9.17, 15) is 8.42 Å². The highest BCUT2D eigenvalue weighted by Gasteiger charge is 2.26. The Labute approximate surface area is 141 Å². The molecule has 6 heteroatoms. The summed E-state index contributed by atoms with van der Waals surface area (Å²) in [4.78, 5) is 4.74. The molecule has 5 nitrogen and oxygen atoms in total. The highest BCUT2D eigenvalue weighted by molar-refractivity contribution is 7.89. The largest absolute Gasteiger partial charge is 0.436 e. The number of fused-ring (bicyclic) bond motifs is 1. The number of nitrogens with zero attached hydrogens (tertiary/aromatic N) is 2. The van der Waals surface area contributed by atoms with Gasteiger partial charge in [-0.15, -0.1) is 0 Å². The molecule has 1 saturated heterocycles. The quantitative estimate of drug-likeness (QED) is 0.728. The van der Waals surface area contributed by atoms with Gasteiger partial charge in [0.15, 0.2) is 5.58 Å². The molecule has 0 saturated carbocycles. The van der Waals surface area contributed by atoms with Crippen molar-refractivity contribution in [2.24, 2.45) is 0 Å². The van der Waals surface area contributed by atoms with Crippen molar-refractivity contribution >= 4 is 21.1 Å². The van der Waals surface area contributed by atoms with E-state index in [0.717, 1.165) is 24.8 Å². The monoisotopic (exact) mass is 342 g/mol. The van der Waals surface area contributed by atoms with Crippen LogP contribution >= 0.6 is 0 Å². The number of sulfonamides is 1. The third-order valence-electron chi connectivity index (χ3n) is 4.33. The molecule has 2 aromatic carbocycles. The molecule has 0 bridgehead atoms. The second kappa shape index (κ2) is 6.03. The minimum atomic E-state index is -3.46. The first kappa shape index (κ1) is 15.4. The Morgan fingerprint density at radius 2 is 1.75 bits per heavy atom. The zero-order valence-corrected chi connectivity index (χ0v) is 14.0. The van der Waals surface area contributed by atoms with E-state index in [1.165, 1.54) is 0 Å². The van der Waals surface area contributed by atoms with Gasteiger partial charge in [0.1, 0.15) is 5.52 Å². The summed E-state index contributed by atoms with van der Waals surface area (Å²) in [5, 5.41) is 0. The molecule has 3 aromatic rings. The van der Waals surface area contributed by atoms with E-state index in [4.69, 9.17) is 4.42 Å². The standard InChI is InChI=1S/C18H18N2O3S/c21-24(22,20-11-4-1-5-12-20)15-8-6-7-14(13-15)18-19-16-9-2-3-10-17(16)23-18/h2-3,6-10,13H,1,4-5,11-12H2. The van der Waals surface area contributed by atoms with E-state index in [1.54, 1.807) is 22.5 Å². The van der Waals surface area contributed by atoms with Gasteiger partial charge >= 0.3 is 0 Å². The van der Waals surface area contributed by atoms with Gasteiger partial charge in [-0.3, -0.25) is 0 Å². The van der Waals surface area contributed by atoms with Crippen molar-refractivity contribution in [1.29, 1.82) is 0 Å². The lowest BCUT2D eigenvalue weighted by Crippen LogP contribution is -2.35. The summed E-state index contributed by atoms with van der Waals surface area (Å²) in [6, 6.07) is 14.3. The van der Waals surface area contributed by atoms with E-state index >= 15 is 0 Å². The lowest BCUT2D eigenvalue weighted by atomic mass is 10.2. The maximum Gasteiger partial charge on any atom is 0.243 e. The van der Waals surface area contributed by atoms with Crippen LogP contribution in [-0.4, -0.2) is 30.8 Å². The predicted molar refractivity (Wildman–Crippen MR) is 92.1 cm³/mol. The highest BCUT2D eigenvalue weighted by Crippen LogP contribution is 2.27. The van der Waals surface area contributed by atoms with Crippen LogP contribution in [0.4, 0.5) is 0 Å². The zero-order valence-electron chi connectivity index (χ0n) is 13.2. The predicted octanol–water partition coefficient (Wildman–Crippen LogP) is 3.67. The molecule has 0 N–H and O–H groups in total. The summed E-state index contributed by atoms with van der Waals surface area (Å²) in [5.41, 5.74) is 2.12. The van der Waals surface area contributed by atoms with Gasteiger partial charge in [-0.2, -0.15) is 4.31 Å². The van der Waals surface area contributed by atoms with Gasteiger partial charge < -0.3 is 4.42 Å². The van der Waals surface area contributed by atoms with Gasteiger partial charge in [-0.25, -0.2) is 13.4 Å². The Bertz CT molecular complexity index is 940. The fourth-order valence-electron chi connectivity index (χ4n) is 3.04. The number of piperidine rings is 1. The van der Waals surface area contributed by atoms with Crippen LogP contribution in [0.15, 0.2) is 57.8 Å². The number of oxazole rings is 1. The molecule has 0 amide bonds. The van der Waals surface area contributed by atoms with Gasteiger partial charge in [0.05, 0.1) is 4.90 Å². The molecule has 0 spiro atoms. The van der Waals surface area contributed by atoms with E-state index in [2.05, 4.69) is 4.98 Å². The van der Waals surface area contributed by atoms with Crippen LogP contribution in [0.3, 0.4) is 0 Å². The van der Waals surface area contributed by atoms with E-state index < -0.39 is 10.0 Å². The molecular formula is C18H18N2O3S. The molecule has 4 rings (SSSR count). The molecule has 24 heavy (non-hydrogen) atoms. The van der Waals surface area contributed by atoms with E-state index in [-0.39, 0.29) is 0 Å². The third kappa shape index (κ3) is 2.72. The van der Waals surface area contributed by atoms with Gasteiger partial charge in [-0.1, -0.05) is 24.6 Å². The molecule has 1 aliphatic rings. The van der Waals surface area contributed by atoms with Crippen molar-refractivity contribution in [3.05, 3.63) is 48.5 Å². The Hall–Kier alpha value is -2.18. The van der Waals surface area contributed by atoms with Crippen molar-refractivity contribution in [1.82, 2.24) is 9.29 Å². The molecule has 2 heterocycles. The van der Waals surface area contributed by atoms with Crippen LogP contribution in [0.25, 0.3) is 22.6 Å². The highest BCUT2D eigenvalue weighted by atomic mass is 32.2. The Balaban J connectivity index is 1.73. The number of rotatable bonds is 3. The Kier molecular flexibility index (Phi) is 3.86. The zero-order chi connectivity index (χ0) is 16.6. The molecule has 0 unspecified atom stereocenters. The molecule has 0 radical (unpaired) electrons. The fraction of sp³-hybridized carbons (Fsp3) is 0.278. The second-order valence-electron chi connectivity index (χ2n) is 5.98. The van der Waals surface area contributed by atoms with Crippen LogP contribution in [0.5, 0.6) is 0 Å². The van der Waals surface area contributed by atoms with Crippen LogP contribution in [-0.2, 0) is 10.0 Å². The summed E-state index contributed by atoms with van der Waals surface area (Å²) in [6.07, 6.45) is 2.93. The molecule has 124 valence electrons. The summed E-state index contributed by atoms with van der Waals surface area (Å²) in [5.74, 6) is 0.437. The van der Waals surface area contributed by atoms with Crippen LogP contribution < -0.4 is 0 Å². The third-order valence-corrected chi connectivity index (χ3v) is 6.22. The maximum atomic E-state index is 12.8. The van der Waals surface area contributed by atoms with Gasteiger partial charge in [0, 0.05) is 18.7 Å². The Morgan fingerprint density at radius 3 is 2.54 bits per heavy atom. The molecule has 1 aromatic heterocycles. The summed E-state index contributed by atoms with van der Waals surface area (Å²) in [6.45, 7) is 1.19. The lowest BCUT2D eigenvalue weighted by molar-refractivity contribution is 0.346. The SMILES string of the molecule is O=S(=O)(c1cccc(-c2nc3ccccc3o2)c1)N1CCCCC1. The minimum absolute atomic E-state index is 0.296. The number of aromatic nitrogens is 1. The Morgan fingerprint density at radius 1 is 0.958 bits per heavy atom. The lowest BCUT2D eigenvalue weighted by Gasteiger charge is -2.25. The normalized spacial score (nSPS) is 16.5. The fourth-order valence-corrected chi connectivity index (χ4v) is 4.60. The maximum absolute atomic E-state index is 12.8. The van der Waals surface area contributed by atoms with Crippen molar-refractivity contribution in [3.63, 3.8) is 0 Å². The smallest absolute Gasteiger partial charge is 0.243 e. The summed E-state index contributed by atoms with van der Waals surface area (Å²) < 4.78 is 33.0. The number of benzene rings is 2. The van der Waals surface area contributed by atoms with Gasteiger partial charge in [-0.05, 0) is 43.2 Å². The van der Waals surface area contributed by atoms with E-state index in [1.807, 2.05) is 30.3 Å². The van der Waals surface area contributed by atoms with Crippen molar-refractivity contribution in [2.45, 2.75) is 24.2 Å². The summed E-state index contributed by atoms with van der Waals surface area (Å²) >= 11 is 0. The van der Waals surface area contributed by atoms with Crippen LogP contribution in [0.1, 0.15) is 19.3 Å². The molecular weight excluding hydrogens is 324 g/mol. The topological polar surface area (TPSA) is 63.4 Å². The van der Waals surface area contributed by atoms with Gasteiger partial charge in [0.2, 0.25) is 15.9 Å². The minimum Gasteiger partial charge on any atom is -0.436 e.